The summed E-state index contributed by atoms with van der Waals surface area (Å²) in [4.78, 5) is 23.2. The molecule has 0 saturated carbocycles. The smallest absolute Gasteiger partial charge is 0.292 e. The zero-order chi connectivity index (χ0) is 23.1. The van der Waals surface area contributed by atoms with Gasteiger partial charge in [0, 0.05) is 29.9 Å². The lowest BCUT2D eigenvalue weighted by molar-refractivity contribution is -0.383. The molecule has 3 rings (SSSR count). The Balaban J connectivity index is 1.67. The summed E-state index contributed by atoms with van der Waals surface area (Å²) < 4.78 is 10.5. The average molecular weight is 437 g/mol. The first-order valence-corrected chi connectivity index (χ1v) is 9.69. The Morgan fingerprint density at radius 2 is 1.66 bits per heavy atom. The molecule has 0 aliphatic carbocycles. The molecule has 0 aliphatic heterocycles. The third kappa shape index (κ3) is 5.32. The monoisotopic (exact) mass is 437 g/mol. The van der Waals surface area contributed by atoms with Crippen LogP contribution in [0.1, 0.15) is 21.5 Å². The number of benzene rings is 3. The van der Waals surface area contributed by atoms with E-state index in [2.05, 4.69) is 10.6 Å². The Kier molecular flexibility index (Phi) is 7.25. The van der Waals surface area contributed by atoms with Crippen molar-refractivity contribution in [2.45, 2.75) is 13.2 Å². The zero-order valence-electron chi connectivity index (χ0n) is 17.6. The predicted octanol–water partition coefficient (Wildman–Crippen LogP) is 3.97. The highest BCUT2D eigenvalue weighted by atomic mass is 16.6. The van der Waals surface area contributed by atoms with Crippen LogP contribution < -0.4 is 20.1 Å². The number of methoxy groups -OCH3 is 2. The Labute approximate surface area is 184 Å². The van der Waals surface area contributed by atoms with E-state index in [0.29, 0.717) is 29.2 Å². The Hall–Kier alpha value is -4.11. The first-order valence-electron chi connectivity index (χ1n) is 9.69. The number of nitrogens with one attached hydrogen (secondary N) is 2. The van der Waals surface area contributed by atoms with Crippen LogP contribution in [-0.2, 0) is 13.2 Å². The molecular weight excluding hydrogens is 414 g/mol. The van der Waals surface area contributed by atoms with Gasteiger partial charge in [-0.2, -0.15) is 0 Å². The molecule has 3 aromatic carbocycles. The second-order valence-electron chi connectivity index (χ2n) is 6.84. The number of hydrogen-bond acceptors (Lipinski definition) is 7. The van der Waals surface area contributed by atoms with E-state index < -0.39 is 10.8 Å². The molecule has 0 unspecified atom stereocenters. The number of hydrogen-bond donors (Lipinski definition) is 3. The van der Waals surface area contributed by atoms with Gasteiger partial charge < -0.3 is 25.2 Å². The Morgan fingerprint density at radius 3 is 2.28 bits per heavy atom. The molecule has 3 N–H and O–H groups in total. The molecule has 0 heterocycles. The lowest BCUT2D eigenvalue weighted by atomic mass is 10.1. The molecule has 0 atom stereocenters. The molecule has 0 aromatic heterocycles. The summed E-state index contributed by atoms with van der Waals surface area (Å²) in [5.41, 5.74) is 2.38. The molecule has 0 fully saturated rings. The van der Waals surface area contributed by atoms with E-state index in [-0.39, 0.29) is 18.0 Å². The highest BCUT2D eigenvalue weighted by Crippen LogP contribution is 2.30. The Morgan fingerprint density at radius 1 is 0.969 bits per heavy atom. The summed E-state index contributed by atoms with van der Waals surface area (Å²) in [6, 6.07) is 16.5. The summed E-state index contributed by atoms with van der Waals surface area (Å²) in [6.07, 6.45) is 0. The van der Waals surface area contributed by atoms with Gasteiger partial charge in [0.25, 0.3) is 11.6 Å². The van der Waals surface area contributed by atoms with Crippen molar-refractivity contribution in [3.05, 3.63) is 87.5 Å². The van der Waals surface area contributed by atoms with E-state index in [1.807, 2.05) is 12.1 Å². The fraction of sp³-hybridized carbons (Fsp3) is 0.174. The Bertz CT molecular complexity index is 1120. The molecule has 0 saturated heterocycles. The summed E-state index contributed by atoms with van der Waals surface area (Å²) in [5.74, 6) is 0.768. The quantitative estimate of drug-likeness (QED) is 0.342. The van der Waals surface area contributed by atoms with E-state index in [4.69, 9.17) is 9.47 Å². The van der Waals surface area contributed by atoms with Crippen LogP contribution in [0, 0.1) is 10.1 Å². The van der Waals surface area contributed by atoms with Crippen LogP contribution in [0.5, 0.6) is 11.5 Å². The van der Waals surface area contributed by atoms with Gasteiger partial charge in [-0.05, 0) is 47.5 Å². The number of anilines is 2. The van der Waals surface area contributed by atoms with Crippen molar-refractivity contribution >= 4 is 23.0 Å². The molecule has 0 spiro atoms. The van der Waals surface area contributed by atoms with Gasteiger partial charge >= 0.3 is 0 Å². The standard InChI is InChI=1S/C23H23N3O6/c1-31-21-10-8-18(12-22(21)32-2)24-13-15-3-6-17(7-4-15)23(28)25-19-11-16(14-27)5-9-20(19)26(29)30/h3-12,24,27H,13-14H2,1-2H3,(H,25,28). The summed E-state index contributed by atoms with van der Waals surface area (Å²) in [6.45, 7) is 0.226. The van der Waals surface area contributed by atoms with E-state index in [1.165, 1.54) is 18.2 Å². The van der Waals surface area contributed by atoms with Crippen LogP contribution in [0.4, 0.5) is 17.1 Å². The van der Waals surface area contributed by atoms with Crippen molar-refractivity contribution in [1.82, 2.24) is 0 Å². The van der Waals surface area contributed by atoms with Gasteiger partial charge in [-0.1, -0.05) is 12.1 Å². The first kappa shape index (κ1) is 22.6. The maximum absolute atomic E-state index is 12.6. The van der Waals surface area contributed by atoms with Gasteiger partial charge in [0.1, 0.15) is 5.69 Å². The van der Waals surface area contributed by atoms with Gasteiger partial charge in [-0.25, -0.2) is 0 Å². The molecule has 0 radical (unpaired) electrons. The lowest BCUT2D eigenvalue weighted by Crippen LogP contribution is -2.13. The van der Waals surface area contributed by atoms with Crippen LogP contribution in [0.25, 0.3) is 0 Å². The van der Waals surface area contributed by atoms with Crippen molar-refractivity contribution < 1.29 is 24.3 Å². The van der Waals surface area contributed by atoms with Gasteiger partial charge in [-0.3, -0.25) is 14.9 Å². The molecule has 0 bridgehead atoms. The third-order valence-corrected chi connectivity index (χ3v) is 4.78. The molecule has 3 aromatic rings. The molecule has 32 heavy (non-hydrogen) atoms. The number of rotatable bonds is 9. The van der Waals surface area contributed by atoms with E-state index >= 15 is 0 Å². The molecule has 166 valence electrons. The number of nitro groups is 1. The average Bonchev–Trinajstić information content (AvgIpc) is 2.82. The van der Waals surface area contributed by atoms with Crippen LogP contribution in [-0.4, -0.2) is 30.2 Å². The summed E-state index contributed by atoms with van der Waals surface area (Å²) in [7, 11) is 3.14. The van der Waals surface area contributed by atoms with Gasteiger partial charge in [0.15, 0.2) is 11.5 Å². The topological polar surface area (TPSA) is 123 Å². The van der Waals surface area contributed by atoms with Crippen molar-refractivity contribution in [3.8, 4) is 11.5 Å². The van der Waals surface area contributed by atoms with Crippen molar-refractivity contribution in [2.24, 2.45) is 0 Å². The summed E-state index contributed by atoms with van der Waals surface area (Å²) >= 11 is 0. The maximum atomic E-state index is 12.6. The number of ether oxygens (including phenoxy) is 2. The second kappa shape index (κ2) is 10.3. The minimum Gasteiger partial charge on any atom is -0.493 e. The fourth-order valence-electron chi connectivity index (χ4n) is 3.06. The molecule has 1 amide bonds. The van der Waals surface area contributed by atoms with E-state index in [9.17, 15) is 20.0 Å². The van der Waals surface area contributed by atoms with Crippen LogP contribution >= 0.6 is 0 Å². The fourth-order valence-corrected chi connectivity index (χ4v) is 3.06. The second-order valence-corrected chi connectivity index (χ2v) is 6.84. The minimum atomic E-state index is -0.584. The number of amides is 1. The number of aliphatic hydroxyl groups is 1. The number of nitrogens with zero attached hydrogens (tertiary/aromatic N) is 1. The van der Waals surface area contributed by atoms with E-state index in [0.717, 1.165) is 11.3 Å². The number of nitro benzene ring substituents is 1. The first-order chi connectivity index (χ1) is 15.4. The molecule has 9 heteroatoms. The van der Waals surface area contributed by atoms with Gasteiger partial charge in [0.2, 0.25) is 0 Å². The highest BCUT2D eigenvalue weighted by Gasteiger charge is 2.17. The predicted molar refractivity (Wildman–Crippen MR) is 120 cm³/mol. The molecule has 0 aliphatic rings. The van der Waals surface area contributed by atoms with Crippen molar-refractivity contribution in [3.63, 3.8) is 0 Å². The van der Waals surface area contributed by atoms with Gasteiger partial charge in [-0.15, -0.1) is 0 Å². The maximum Gasteiger partial charge on any atom is 0.292 e. The normalized spacial score (nSPS) is 10.3. The highest BCUT2D eigenvalue weighted by molar-refractivity contribution is 6.05. The third-order valence-electron chi connectivity index (χ3n) is 4.78. The van der Waals surface area contributed by atoms with Crippen LogP contribution in [0.15, 0.2) is 60.7 Å². The van der Waals surface area contributed by atoms with Crippen molar-refractivity contribution in [2.75, 3.05) is 24.9 Å². The molecule has 9 nitrogen and oxygen atoms in total. The number of carbonyl (C=O) groups excluding carboxylic acids is 1. The lowest BCUT2D eigenvalue weighted by Gasteiger charge is -2.12. The SMILES string of the molecule is COc1ccc(NCc2ccc(C(=O)Nc3cc(CO)ccc3[N+](=O)[O-])cc2)cc1OC. The van der Waals surface area contributed by atoms with Crippen molar-refractivity contribution in [1.29, 1.82) is 0 Å². The molecular formula is C23H23N3O6. The largest absolute Gasteiger partial charge is 0.493 e. The van der Waals surface area contributed by atoms with Gasteiger partial charge in [0.05, 0.1) is 25.7 Å². The zero-order valence-corrected chi connectivity index (χ0v) is 17.6. The van der Waals surface area contributed by atoms with Crippen LogP contribution in [0.2, 0.25) is 0 Å². The van der Waals surface area contributed by atoms with Crippen LogP contribution in [0.3, 0.4) is 0 Å². The number of carbonyl (C=O) groups is 1. The summed E-state index contributed by atoms with van der Waals surface area (Å²) in [5, 5.41) is 26.3. The van der Waals surface area contributed by atoms with E-state index in [1.54, 1.807) is 44.6 Å². The minimum absolute atomic E-state index is 0.0331. The number of aliphatic hydroxyl groups excluding tert-OH is 1.